The second-order valence-electron chi connectivity index (χ2n) is 5.35. The van der Waals surface area contributed by atoms with E-state index in [0.29, 0.717) is 12.8 Å². The van der Waals surface area contributed by atoms with Gasteiger partial charge in [-0.1, -0.05) is 18.2 Å². The molecule has 1 heterocycles. The zero-order chi connectivity index (χ0) is 15.7. The van der Waals surface area contributed by atoms with Crippen molar-refractivity contribution in [2.24, 2.45) is 0 Å². The van der Waals surface area contributed by atoms with E-state index >= 15 is 0 Å². The molecule has 0 amide bonds. The van der Waals surface area contributed by atoms with Gasteiger partial charge in [-0.3, -0.25) is 0 Å². The highest BCUT2D eigenvalue weighted by Crippen LogP contribution is 2.34. The van der Waals surface area contributed by atoms with E-state index in [0.717, 1.165) is 6.07 Å². The molecule has 0 radical (unpaired) electrons. The Bertz CT molecular complexity index is 598. The Morgan fingerprint density at radius 3 is 2.57 bits per heavy atom. The van der Waals surface area contributed by atoms with Crippen LogP contribution in [0, 0.1) is 0 Å². The Balaban J connectivity index is 2.09. The molecule has 0 spiro atoms. The molecule has 2 atom stereocenters. The minimum atomic E-state index is -4.41. The van der Waals surface area contributed by atoms with E-state index in [9.17, 15) is 21.6 Å². The van der Waals surface area contributed by atoms with E-state index in [1.807, 2.05) is 0 Å². The third-order valence-corrected chi connectivity index (χ3v) is 6.12. The number of sulfone groups is 1. The number of alkyl halides is 3. The van der Waals surface area contributed by atoms with Gasteiger partial charge < -0.3 is 5.32 Å². The lowest BCUT2D eigenvalue weighted by molar-refractivity contribution is -0.138. The fourth-order valence-corrected chi connectivity index (χ4v) is 4.42. The van der Waals surface area contributed by atoms with Crippen molar-refractivity contribution in [2.45, 2.75) is 37.2 Å². The maximum atomic E-state index is 12.9. The second kappa shape index (κ2) is 5.96. The van der Waals surface area contributed by atoms with Crippen LogP contribution in [-0.2, 0) is 16.0 Å². The summed E-state index contributed by atoms with van der Waals surface area (Å²) in [6.07, 6.45) is -3.21. The van der Waals surface area contributed by atoms with Crippen LogP contribution < -0.4 is 5.32 Å². The third-order valence-electron chi connectivity index (χ3n) is 3.85. The van der Waals surface area contributed by atoms with Crippen LogP contribution in [0.4, 0.5) is 13.2 Å². The Morgan fingerprint density at radius 1 is 1.33 bits per heavy atom. The van der Waals surface area contributed by atoms with Crippen LogP contribution in [0.3, 0.4) is 0 Å². The lowest BCUT2D eigenvalue weighted by Gasteiger charge is -2.21. The van der Waals surface area contributed by atoms with E-state index < -0.39 is 32.9 Å². The van der Waals surface area contributed by atoms with Gasteiger partial charge in [0.15, 0.2) is 9.84 Å². The molecule has 1 N–H and O–H groups in total. The molecule has 1 fully saturated rings. The molecule has 1 aromatic carbocycles. The van der Waals surface area contributed by atoms with Crippen molar-refractivity contribution in [3.05, 3.63) is 35.4 Å². The lowest BCUT2D eigenvalue weighted by atomic mass is 10.0. The molecule has 0 bridgehead atoms. The highest BCUT2D eigenvalue weighted by molar-refractivity contribution is 7.92. The average molecular weight is 321 g/mol. The largest absolute Gasteiger partial charge is 0.416 e. The smallest absolute Gasteiger partial charge is 0.309 e. The molecule has 118 valence electrons. The summed E-state index contributed by atoms with van der Waals surface area (Å²) in [4.78, 5) is 0. The molecule has 1 saturated heterocycles. The van der Waals surface area contributed by atoms with Crippen LogP contribution in [0.15, 0.2) is 24.3 Å². The molecular formula is C14H18F3NO2S. The summed E-state index contributed by atoms with van der Waals surface area (Å²) in [5.74, 6) is 0.173. The molecule has 3 nitrogen and oxygen atoms in total. The SMILES string of the molecule is CC(NCC1CCCS1(=O)=O)c1ccccc1C(F)(F)F. The van der Waals surface area contributed by atoms with Crippen molar-refractivity contribution in [3.63, 3.8) is 0 Å². The van der Waals surface area contributed by atoms with Gasteiger partial charge in [-0.15, -0.1) is 0 Å². The zero-order valence-corrected chi connectivity index (χ0v) is 12.5. The summed E-state index contributed by atoms with van der Waals surface area (Å²) in [5.41, 5.74) is -0.542. The third kappa shape index (κ3) is 3.77. The maximum Gasteiger partial charge on any atom is 0.416 e. The first-order valence-corrected chi connectivity index (χ1v) is 8.54. The van der Waals surface area contributed by atoms with Gasteiger partial charge in [-0.25, -0.2) is 8.42 Å². The van der Waals surface area contributed by atoms with E-state index in [2.05, 4.69) is 5.32 Å². The van der Waals surface area contributed by atoms with Gasteiger partial charge in [0.1, 0.15) is 0 Å². The van der Waals surface area contributed by atoms with Crippen molar-refractivity contribution < 1.29 is 21.6 Å². The molecule has 0 saturated carbocycles. The molecule has 1 aliphatic heterocycles. The van der Waals surface area contributed by atoms with Crippen LogP contribution in [0.2, 0.25) is 0 Å². The molecule has 0 aromatic heterocycles. The number of benzene rings is 1. The normalized spacial score (nSPS) is 23.1. The molecule has 0 aliphatic carbocycles. The topological polar surface area (TPSA) is 46.2 Å². The van der Waals surface area contributed by atoms with E-state index in [1.54, 1.807) is 13.0 Å². The number of halogens is 3. The van der Waals surface area contributed by atoms with Gasteiger partial charge in [0.25, 0.3) is 0 Å². The van der Waals surface area contributed by atoms with Gasteiger partial charge in [-0.2, -0.15) is 13.2 Å². The minimum Gasteiger partial charge on any atom is -0.309 e. The molecule has 2 rings (SSSR count). The summed E-state index contributed by atoms with van der Waals surface area (Å²) >= 11 is 0. The van der Waals surface area contributed by atoms with Crippen LogP contribution >= 0.6 is 0 Å². The summed E-state index contributed by atoms with van der Waals surface area (Å²) < 4.78 is 62.3. The highest BCUT2D eigenvalue weighted by atomic mass is 32.2. The molecule has 7 heteroatoms. The maximum absolute atomic E-state index is 12.9. The zero-order valence-electron chi connectivity index (χ0n) is 11.7. The Kier molecular flexibility index (Phi) is 4.63. The Labute approximate surface area is 122 Å². The van der Waals surface area contributed by atoms with E-state index in [1.165, 1.54) is 12.1 Å². The highest BCUT2D eigenvalue weighted by Gasteiger charge is 2.35. The average Bonchev–Trinajstić information content (AvgIpc) is 2.74. The van der Waals surface area contributed by atoms with Crippen LogP contribution in [-0.4, -0.2) is 26.0 Å². The molecule has 21 heavy (non-hydrogen) atoms. The first kappa shape index (κ1) is 16.3. The molecular weight excluding hydrogens is 303 g/mol. The minimum absolute atomic E-state index is 0.139. The summed E-state index contributed by atoms with van der Waals surface area (Å²) in [5, 5.41) is 2.44. The van der Waals surface area contributed by atoms with Crippen LogP contribution in [0.5, 0.6) is 0 Å². The second-order valence-corrected chi connectivity index (χ2v) is 7.75. The number of hydrogen-bond acceptors (Lipinski definition) is 3. The van der Waals surface area contributed by atoms with Gasteiger partial charge in [0.2, 0.25) is 0 Å². The quantitative estimate of drug-likeness (QED) is 0.927. The van der Waals surface area contributed by atoms with Crippen LogP contribution in [0.1, 0.15) is 36.9 Å². The van der Waals surface area contributed by atoms with Crippen molar-refractivity contribution in [1.82, 2.24) is 5.32 Å². The van der Waals surface area contributed by atoms with Gasteiger partial charge in [-0.05, 0) is 31.4 Å². The first-order valence-electron chi connectivity index (χ1n) is 6.83. The Hall–Kier alpha value is -1.08. The van der Waals surface area contributed by atoms with E-state index in [4.69, 9.17) is 0 Å². The standard InChI is InChI=1S/C14H18F3NO2S/c1-10(18-9-11-5-4-8-21(11,19)20)12-6-2-3-7-13(12)14(15,16)17/h2-3,6-7,10-11,18H,4-5,8-9H2,1H3. The van der Waals surface area contributed by atoms with Crippen molar-refractivity contribution in [2.75, 3.05) is 12.3 Å². The fraction of sp³-hybridized carbons (Fsp3) is 0.571. The van der Waals surface area contributed by atoms with E-state index in [-0.39, 0.29) is 17.9 Å². The summed E-state index contributed by atoms with van der Waals surface area (Å²) in [7, 11) is -3.09. The summed E-state index contributed by atoms with van der Waals surface area (Å²) in [6.45, 7) is 1.81. The monoisotopic (exact) mass is 321 g/mol. The number of hydrogen-bond donors (Lipinski definition) is 1. The number of nitrogens with one attached hydrogen (secondary N) is 1. The molecule has 1 aliphatic rings. The summed E-state index contributed by atoms with van der Waals surface area (Å²) in [6, 6.07) is 4.80. The van der Waals surface area contributed by atoms with Crippen LogP contribution in [0.25, 0.3) is 0 Å². The van der Waals surface area contributed by atoms with Gasteiger partial charge >= 0.3 is 6.18 Å². The van der Waals surface area contributed by atoms with Crippen molar-refractivity contribution in [1.29, 1.82) is 0 Å². The fourth-order valence-electron chi connectivity index (χ4n) is 2.64. The van der Waals surface area contributed by atoms with Gasteiger partial charge in [0, 0.05) is 12.6 Å². The van der Waals surface area contributed by atoms with Crippen molar-refractivity contribution in [3.8, 4) is 0 Å². The first-order chi connectivity index (χ1) is 9.72. The Morgan fingerprint density at radius 2 is 2.00 bits per heavy atom. The van der Waals surface area contributed by atoms with Gasteiger partial charge in [0.05, 0.1) is 16.6 Å². The predicted octanol–water partition coefficient (Wildman–Crippen LogP) is 2.93. The predicted molar refractivity (Wildman–Crippen MR) is 74.7 cm³/mol. The number of rotatable bonds is 4. The molecule has 1 aromatic rings. The van der Waals surface area contributed by atoms with Crippen molar-refractivity contribution >= 4 is 9.84 Å². The molecule has 2 unspecified atom stereocenters. The lowest BCUT2D eigenvalue weighted by Crippen LogP contribution is -2.32.